The fraction of sp³-hybridized carbons (Fsp3) is 0.581. The highest BCUT2D eigenvalue weighted by Gasteiger charge is 2.56. The van der Waals surface area contributed by atoms with Crippen LogP contribution in [0.4, 0.5) is 0 Å². The van der Waals surface area contributed by atoms with E-state index >= 15 is 0 Å². The molecule has 0 saturated carbocycles. The number of hydrogen-bond acceptors (Lipinski definition) is 13. The van der Waals surface area contributed by atoms with Crippen LogP contribution in [0.5, 0.6) is 28.7 Å². The van der Waals surface area contributed by atoms with Gasteiger partial charge in [-0.2, -0.15) is 0 Å². The average Bonchev–Trinajstić information content (AvgIpc) is 3.63. The molecule has 2 aromatic rings. The summed E-state index contributed by atoms with van der Waals surface area (Å²) in [6.45, 7) is 2.20. The minimum atomic E-state index is -0.929. The summed E-state index contributed by atoms with van der Waals surface area (Å²) < 4.78 is 53.0. The van der Waals surface area contributed by atoms with E-state index in [1.54, 1.807) is 19.1 Å². The number of aliphatic hydroxyl groups excluding tert-OH is 1. The number of esters is 1. The molecular formula is C31H37NO12. The van der Waals surface area contributed by atoms with Crippen molar-refractivity contribution in [3.8, 4) is 28.7 Å². The van der Waals surface area contributed by atoms with E-state index in [1.807, 2.05) is 31.1 Å². The summed E-state index contributed by atoms with van der Waals surface area (Å²) in [6, 6.07) is 6.57. The lowest BCUT2D eigenvalue weighted by Gasteiger charge is -2.50. The maximum atomic E-state index is 13.5. The Kier molecular flexibility index (Phi) is 7.50. The number of ether oxygens (including phenoxy) is 9. The molecule has 44 heavy (non-hydrogen) atoms. The van der Waals surface area contributed by atoms with Crippen molar-refractivity contribution in [1.29, 1.82) is 0 Å². The van der Waals surface area contributed by atoms with Crippen LogP contribution in [0, 0.1) is 11.8 Å². The predicted molar refractivity (Wildman–Crippen MR) is 150 cm³/mol. The Bertz CT molecular complexity index is 1410. The van der Waals surface area contributed by atoms with Crippen molar-refractivity contribution in [1.82, 2.24) is 4.90 Å². The van der Waals surface area contributed by atoms with Crippen LogP contribution in [0.25, 0.3) is 0 Å². The first-order chi connectivity index (χ1) is 21.2. The number of carbonyl (C=O) groups is 1. The van der Waals surface area contributed by atoms with E-state index < -0.39 is 60.8 Å². The van der Waals surface area contributed by atoms with Crippen LogP contribution >= 0.6 is 0 Å². The number of carbonyl (C=O) groups excluding carboxylic acids is 1. The molecule has 5 aliphatic rings. The number of aromatic hydroxyl groups is 1. The van der Waals surface area contributed by atoms with Crippen molar-refractivity contribution in [2.75, 3.05) is 48.3 Å². The molecule has 3 saturated heterocycles. The first kappa shape index (κ1) is 29.4. The molecule has 1 aliphatic carbocycles. The van der Waals surface area contributed by atoms with Gasteiger partial charge >= 0.3 is 5.97 Å². The van der Waals surface area contributed by atoms with Gasteiger partial charge in [-0.25, -0.2) is 0 Å². The van der Waals surface area contributed by atoms with E-state index in [9.17, 15) is 15.0 Å². The summed E-state index contributed by atoms with van der Waals surface area (Å²) in [4.78, 5) is 15.4. The molecule has 4 unspecified atom stereocenters. The van der Waals surface area contributed by atoms with Gasteiger partial charge in [-0.1, -0.05) is 0 Å². The van der Waals surface area contributed by atoms with Crippen molar-refractivity contribution in [2.24, 2.45) is 11.8 Å². The molecule has 4 aliphatic heterocycles. The largest absolute Gasteiger partial charge is 0.502 e. The summed E-state index contributed by atoms with van der Waals surface area (Å²) in [6.07, 6.45) is -4.11. The van der Waals surface area contributed by atoms with Crippen LogP contribution in [0.2, 0.25) is 0 Å². The number of nitrogens with zero attached hydrogens (tertiary/aromatic N) is 1. The molecular weight excluding hydrogens is 578 g/mol. The predicted octanol–water partition coefficient (Wildman–Crippen LogP) is 1.91. The van der Waals surface area contributed by atoms with Gasteiger partial charge in [-0.3, -0.25) is 9.69 Å². The van der Waals surface area contributed by atoms with Crippen molar-refractivity contribution in [2.45, 2.75) is 55.9 Å². The molecule has 10 atom stereocenters. The van der Waals surface area contributed by atoms with Crippen molar-refractivity contribution in [3.63, 3.8) is 0 Å². The lowest BCUT2D eigenvalue weighted by Crippen LogP contribution is -2.66. The SMILES string of the molecule is COc1cc([C@@H]2c3cc4c(cc3C(OC3OC5COC(C)O[C@@H]5[C@H](O)[C@H]3N(C)C)[C@H]3COC(=O)[C@H]23)OCO4)cc(OC)c1O. The Morgan fingerprint density at radius 2 is 1.61 bits per heavy atom. The van der Waals surface area contributed by atoms with E-state index in [1.165, 1.54) is 14.2 Å². The first-order valence-corrected chi connectivity index (χ1v) is 14.7. The minimum absolute atomic E-state index is 0.0618. The molecule has 3 fully saturated rings. The van der Waals surface area contributed by atoms with Crippen molar-refractivity contribution in [3.05, 3.63) is 41.0 Å². The van der Waals surface area contributed by atoms with E-state index in [-0.39, 0.29) is 43.2 Å². The van der Waals surface area contributed by atoms with E-state index in [0.29, 0.717) is 17.1 Å². The average molecular weight is 616 g/mol. The van der Waals surface area contributed by atoms with E-state index in [4.69, 9.17) is 42.6 Å². The van der Waals surface area contributed by atoms with Gasteiger partial charge in [0.1, 0.15) is 18.3 Å². The molecule has 0 aromatic heterocycles. The highest BCUT2D eigenvalue weighted by atomic mass is 16.7. The monoisotopic (exact) mass is 615 g/mol. The summed E-state index contributed by atoms with van der Waals surface area (Å²) >= 11 is 0. The Balaban J connectivity index is 1.33. The molecule has 0 radical (unpaired) electrons. The number of benzene rings is 2. The molecule has 0 bridgehead atoms. The Labute approximate surface area is 254 Å². The zero-order valence-electron chi connectivity index (χ0n) is 25.1. The number of rotatable bonds is 6. The zero-order chi connectivity index (χ0) is 30.9. The number of likely N-dealkylation sites (N-methyl/N-ethyl adjacent to an activating group) is 1. The lowest BCUT2D eigenvalue weighted by molar-refractivity contribution is -0.354. The third kappa shape index (κ3) is 4.65. The molecule has 2 N–H and O–H groups in total. The fourth-order valence-electron chi connectivity index (χ4n) is 7.28. The van der Waals surface area contributed by atoms with Crippen LogP contribution < -0.4 is 18.9 Å². The second-order valence-electron chi connectivity index (χ2n) is 12.0. The van der Waals surface area contributed by atoms with Gasteiger partial charge in [0.15, 0.2) is 35.6 Å². The number of fused-ring (bicyclic) bond motifs is 4. The second kappa shape index (κ2) is 11.2. The van der Waals surface area contributed by atoms with Gasteiger partial charge in [0.05, 0.1) is 45.5 Å². The van der Waals surface area contributed by atoms with Crippen LogP contribution in [0.3, 0.4) is 0 Å². The Hall–Kier alpha value is -3.33. The summed E-state index contributed by atoms with van der Waals surface area (Å²) in [7, 11) is 6.59. The number of phenolic OH excluding ortho intramolecular Hbond substituents is 1. The molecule has 7 rings (SSSR count). The van der Waals surface area contributed by atoms with Crippen LogP contribution in [0.15, 0.2) is 24.3 Å². The number of aliphatic hydroxyl groups is 1. The first-order valence-electron chi connectivity index (χ1n) is 14.7. The summed E-state index contributed by atoms with van der Waals surface area (Å²) in [5.74, 6) is -0.602. The summed E-state index contributed by atoms with van der Waals surface area (Å²) in [5.41, 5.74) is 2.23. The molecule has 238 valence electrons. The molecule has 13 heteroatoms. The standard InChI is InChI=1S/C31H37NO12/c1-13-38-11-22-29(42-13)27(34)25(32(2)3)31(43-22)44-28-16-9-19-18(40-12-41-19)8-15(16)23(24-17(28)10-39-30(24)35)14-6-20(36-4)26(33)21(7-14)37-5/h6-9,13,17,22-25,27-29,31,33-34H,10-12H2,1-5H3/t13?,17-,22?,23+,24-,25+,27+,28?,29-,31?/m0/s1. The third-order valence-corrected chi connectivity index (χ3v) is 9.34. The molecule has 0 spiro atoms. The van der Waals surface area contributed by atoms with Gasteiger partial charge in [0.2, 0.25) is 12.5 Å². The highest BCUT2D eigenvalue weighted by molar-refractivity contribution is 5.79. The lowest BCUT2D eigenvalue weighted by atomic mass is 9.66. The van der Waals surface area contributed by atoms with Gasteiger partial charge in [0, 0.05) is 11.8 Å². The smallest absolute Gasteiger partial charge is 0.310 e. The van der Waals surface area contributed by atoms with Gasteiger partial charge in [-0.15, -0.1) is 0 Å². The zero-order valence-corrected chi connectivity index (χ0v) is 25.1. The second-order valence-corrected chi connectivity index (χ2v) is 12.0. The molecule has 13 nitrogen and oxygen atoms in total. The molecule has 4 heterocycles. The van der Waals surface area contributed by atoms with Gasteiger partial charge < -0.3 is 52.8 Å². The Morgan fingerprint density at radius 3 is 2.27 bits per heavy atom. The maximum absolute atomic E-state index is 13.5. The topological polar surface area (TPSA) is 144 Å². The van der Waals surface area contributed by atoms with Crippen LogP contribution in [-0.2, 0) is 28.5 Å². The number of methoxy groups -OCH3 is 2. The maximum Gasteiger partial charge on any atom is 0.310 e. The third-order valence-electron chi connectivity index (χ3n) is 9.34. The Morgan fingerprint density at radius 1 is 0.932 bits per heavy atom. The molecule has 0 amide bonds. The van der Waals surface area contributed by atoms with E-state index in [0.717, 1.165) is 11.1 Å². The number of phenols is 1. The van der Waals surface area contributed by atoms with Gasteiger partial charge in [0.25, 0.3) is 0 Å². The minimum Gasteiger partial charge on any atom is -0.502 e. The number of hydrogen-bond donors (Lipinski definition) is 2. The number of cyclic esters (lactones) is 1. The normalized spacial score (nSPS) is 35.5. The summed E-state index contributed by atoms with van der Waals surface area (Å²) in [5, 5.41) is 22.1. The van der Waals surface area contributed by atoms with Crippen molar-refractivity contribution >= 4 is 5.97 Å². The quantitative estimate of drug-likeness (QED) is 0.457. The fourth-order valence-corrected chi connectivity index (χ4v) is 7.28. The van der Waals surface area contributed by atoms with Crippen LogP contribution in [0.1, 0.15) is 35.6 Å². The van der Waals surface area contributed by atoms with Gasteiger partial charge in [-0.05, 0) is 62.0 Å². The van der Waals surface area contributed by atoms with Crippen LogP contribution in [-0.4, -0.2) is 106 Å². The molecule has 2 aromatic carbocycles. The van der Waals surface area contributed by atoms with Crippen molar-refractivity contribution < 1.29 is 57.6 Å². The van der Waals surface area contributed by atoms with E-state index in [2.05, 4.69) is 0 Å². The highest BCUT2D eigenvalue weighted by Crippen LogP contribution is 2.57.